The standard InChI is InChI=1S/C19H18FN3O3S/c1-12(2)22-8-7-13(10-22)9-16-18(25)23(19(26)27-16)11-17(24)21-15-5-3-14(20)4-6-15/h3-10,12H,11H2,1-2H3,(H,21,24)/b16-9+. The van der Waals surface area contributed by atoms with E-state index in [1.165, 1.54) is 24.3 Å². The van der Waals surface area contributed by atoms with Crippen LogP contribution in [0.4, 0.5) is 14.9 Å². The highest BCUT2D eigenvalue weighted by Crippen LogP contribution is 2.32. The molecule has 0 unspecified atom stereocenters. The number of nitrogens with zero attached hydrogens (tertiary/aromatic N) is 2. The lowest BCUT2D eigenvalue weighted by Crippen LogP contribution is -2.36. The number of hydrogen-bond acceptors (Lipinski definition) is 4. The number of nitrogens with one attached hydrogen (secondary N) is 1. The summed E-state index contributed by atoms with van der Waals surface area (Å²) in [5.41, 5.74) is 1.20. The SMILES string of the molecule is CC(C)n1ccc(/C=C2/SC(=O)N(CC(=O)Nc3ccc(F)cc3)C2=O)c1. The van der Waals surface area contributed by atoms with E-state index in [-0.39, 0.29) is 10.9 Å². The number of rotatable bonds is 5. The lowest BCUT2D eigenvalue weighted by Gasteiger charge is -2.12. The minimum atomic E-state index is -0.531. The fraction of sp³-hybridized carbons (Fsp3) is 0.211. The maximum absolute atomic E-state index is 12.9. The van der Waals surface area contributed by atoms with Crippen LogP contribution in [0, 0.1) is 5.82 Å². The summed E-state index contributed by atoms with van der Waals surface area (Å²) in [6.07, 6.45) is 5.43. The van der Waals surface area contributed by atoms with Crippen molar-refractivity contribution in [3.63, 3.8) is 0 Å². The Morgan fingerprint density at radius 3 is 2.56 bits per heavy atom. The van der Waals surface area contributed by atoms with E-state index in [0.717, 1.165) is 22.2 Å². The van der Waals surface area contributed by atoms with Gasteiger partial charge in [0.1, 0.15) is 12.4 Å². The van der Waals surface area contributed by atoms with Crippen LogP contribution in [0.2, 0.25) is 0 Å². The van der Waals surface area contributed by atoms with Gasteiger partial charge in [-0.15, -0.1) is 0 Å². The summed E-state index contributed by atoms with van der Waals surface area (Å²) in [5.74, 6) is -1.46. The van der Waals surface area contributed by atoms with E-state index >= 15 is 0 Å². The topological polar surface area (TPSA) is 71.4 Å². The Labute approximate surface area is 160 Å². The molecule has 0 bridgehead atoms. The minimum Gasteiger partial charge on any atom is -0.351 e. The van der Waals surface area contributed by atoms with E-state index in [2.05, 4.69) is 5.32 Å². The van der Waals surface area contributed by atoms with Crippen LogP contribution in [-0.2, 0) is 9.59 Å². The summed E-state index contributed by atoms with van der Waals surface area (Å²) in [5, 5.41) is 2.04. The first kappa shape index (κ1) is 18.9. The number of imide groups is 1. The van der Waals surface area contributed by atoms with Crippen molar-refractivity contribution in [3.8, 4) is 0 Å². The number of hydrogen-bond donors (Lipinski definition) is 1. The third kappa shape index (κ3) is 4.46. The van der Waals surface area contributed by atoms with E-state index in [4.69, 9.17) is 0 Å². The molecule has 1 aromatic heterocycles. The summed E-state index contributed by atoms with van der Waals surface area (Å²) < 4.78 is 14.9. The average Bonchev–Trinajstić information content (AvgIpc) is 3.18. The van der Waals surface area contributed by atoms with Gasteiger partial charge in [0, 0.05) is 24.1 Å². The van der Waals surface area contributed by atoms with Crippen molar-refractivity contribution in [1.29, 1.82) is 0 Å². The second kappa shape index (κ2) is 7.79. The summed E-state index contributed by atoms with van der Waals surface area (Å²) in [4.78, 5) is 37.9. The van der Waals surface area contributed by atoms with Gasteiger partial charge < -0.3 is 9.88 Å². The van der Waals surface area contributed by atoms with Gasteiger partial charge in [-0.05, 0) is 67.6 Å². The van der Waals surface area contributed by atoms with Crippen LogP contribution in [0.25, 0.3) is 6.08 Å². The minimum absolute atomic E-state index is 0.274. The molecular weight excluding hydrogens is 369 g/mol. The average molecular weight is 387 g/mol. The summed E-state index contributed by atoms with van der Waals surface area (Å²) in [7, 11) is 0. The third-order valence-corrected chi connectivity index (χ3v) is 4.84. The van der Waals surface area contributed by atoms with Gasteiger partial charge in [0.25, 0.3) is 11.1 Å². The zero-order valence-corrected chi connectivity index (χ0v) is 15.6. The van der Waals surface area contributed by atoms with Crippen molar-refractivity contribution in [3.05, 3.63) is 59.0 Å². The predicted molar refractivity (Wildman–Crippen MR) is 103 cm³/mol. The van der Waals surface area contributed by atoms with Gasteiger partial charge >= 0.3 is 0 Å². The molecule has 3 amide bonds. The van der Waals surface area contributed by atoms with E-state index in [9.17, 15) is 18.8 Å². The molecule has 2 heterocycles. The largest absolute Gasteiger partial charge is 0.351 e. The Balaban J connectivity index is 1.67. The molecule has 0 aliphatic carbocycles. The summed E-state index contributed by atoms with van der Waals surface area (Å²) >= 11 is 0.804. The number of benzene rings is 1. The molecule has 0 saturated carbocycles. The van der Waals surface area contributed by atoms with Crippen molar-refractivity contribution >= 4 is 40.6 Å². The Hall–Kier alpha value is -2.87. The Kier molecular flexibility index (Phi) is 5.46. The maximum atomic E-state index is 12.9. The van der Waals surface area contributed by atoms with E-state index in [1.54, 1.807) is 6.08 Å². The maximum Gasteiger partial charge on any atom is 0.294 e. The molecule has 2 aromatic rings. The first-order valence-corrected chi connectivity index (χ1v) is 9.13. The molecule has 0 atom stereocenters. The monoisotopic (exact) mass is 387 g/mol. The normalized spacial score (nSPS) is 15.9. The molecule has 1 aromatic carbocycles. The van der Waals surface area contributed by atoms with Gasteiger partial charge in [-0.25, -0.2) is 4.39 Å². The summed E-state index contributed by atoms with van der Waals surface area (Å²) in [6.45, 7) is 3.68. The molecule has 1 aliphatic heterocycles. The molecule has 0 radical (unpaired) electrons. The van der Waals surface area contributed by atoms with Gasteiger partial charge in [0.2, 0.25) is 5.91 Å². The third-order valence-electron chi connectivity index (χ3n) is 3.93. The molecular formula is C19H18FN3O3S. The second-order valence-corrected chi connectivity index (χ2v) is 7.30. The smallest absolute Gasteiger partial charge is 0.294 e. The number of anilines is 1. The lowest BCUT2D eigenvalue weighted by molar-refractivity contribution is -0.127. The van der Waals surface area contributed by atoms with Crippen LogP contribution < -0.4 is 5.32 Å². The Morgan fingerprint density at radius 1 is 1.22 bits per heavy atom. The lowest BCUT2D eigenvalue weighted by atomic mass is 10.3. The van der Waals surface area contributed by atoms with E-state index < -0.39 is 29.4 Å². The number of amides is 3. The molecule has 1 saturated heterocycles. The Bertz CT molecular complexity index is 919. The first-order chi connectivity index (χ1) is 12.8. The fourth-order valence-electron chi connectivity index (χ4n) is 2.50. The molecule has 6 nitrogen and oxygen atoms in total. The number of aromatic nitrogens is 1. The molecule has 3 rings (SSSR count). The van der Waals surface area contributed by atoms with E-state index in [0.29, 0.717) is 5.69 Å². The van der Waals surface area contributed by atoms with Crippen molar-refractivity contribution in [2.24, 2.45) is 0 Å². The predicted octanol–water partition coefficient (Wildman–Crippen LogP) is 3.88. The first-order valence-electron chi connectivity index (χ1n) is 8.32. The van der Waals surface area contributed by atoms with Crippen LogP contribution in [0.15, 0.2) is 47.6 Å². The zero-order valence-electron chi connectivity index (χ0n) is 14.8. The highest BCUT2D eigenvalue weighted by Gasteiger charge is 2.36. The van der Waals surface area contributed by atoms with Gasteiger partial charge in [-0.2, -0.15) is 0 Å². The van der Waals surface area contributed by atoms with Crippen LogP contribution in [-0.4, -0.2) is 33.1 Å². The van der Waals surface area contributed by atoms with Crippen LogP contribution >= 0.6 is 11.8 Å². The number of halogens is 1. The van der Waals surface area contributed by atoms with Gasteiger partial charge in [-0.3, -0.25) is 19.3 Å². The molecule has 8 heteroatoms. The highest BCUT2D eigenvalue weighted by molar-refractivity contribution is 8.18. The highest BCUT2D eigenvalue weighted by atomic mass is 32.2. The van der Waals surface area contributed by atoms with Crippen molar-refractivity contribution in [2.45, 2.75) is 19.9 Å². The number of thioether (sulfide) groups is 1. The molecule has 140 valence electrons. The second-order valence-electron chi connectivity index (χ2n) is 6.31. The molecule has 27 heavy (non-hydrogen) atoms. The van der Waals surface area contributed by atoms with Crippen molar-refractivity contribution in [1.82, 2.24) is 9.47 Å². The van der Waals surface area contributed by atoms with Gasteiger partial charge in [-0.1, -0.05) is 0 Å². The molecule has 1 fully saturated rings. The fourth-order valence-corrected chi connectivity index (χ4v) is 3.34. The molecule has 1 aliphatic rings. The van der Waals surface area contributed by atoms with Gasteiger partial charge in [0.05, 0.1) is 4.91 Å². The van der Waals surface area contributed by atoms with Crippen LogP contribution in [0.3, 0.4) is 0 Å². The summed E-state index contributed by atoms with van der Waals surface area (Å²) in [6, 6.07) is 7.37. The quantitative estimate of drug-likeness (QED) is 0.791. The molecule has 0 spiro atoms. The number of carbonyl (C=O) groups is 3. The van der Waals surface area contributed by atoms with Crippen molar-refractivity contribution < 1.29 is 18.8 Å². The van der Waals surface area contributed by atoms with Crippen LogP contribution in [0.1, 0.15) is 25.5 Å². The number of carbonyl (C=O) groups excluding carboxylic acids is 3. The molecule has 1 N–H and O–H groups in total. The Morgan fingerprint density at radius 2 is 1.93 bits per heavy atom. The van der Waals surface area contributed by atoms with Crippen LogP contribution in [0.5, 0.6) is 0 Å². The van der Waals surface area contributed by atoms with E-state index in [1.807, 2.05) is 36.9 Å². The van der Waals surface area contributed by atoms with Gasteiger partial charge in [0.15, 0.2) is 0 Å². The van der Waals surface area contributed by atoms with Crippen molar-refractivity contribution in [2.75, 3.05) is 11.9 Å². The zero-order chi connectivity index (χ0) is 19.6.